The Morgan fingerprint density at radius 3 is 3.05 bits per heavy atom. The van der Waals surface area contributed by atoms with E-state index in [2.05, 4.69) is 11.8 Å². The molecule has 0 saturated carbocycles. The van der Waals surface area contributed by atoms with Crippen molar-refractivity contribution in [1.82, 2.24) is 4.90 Å². The number of carbonyl (C=O) groups is 1. The lowest BCUT2D eigenvalue weighted by molar-refractivity contribution is -0.131. The van der Waals surface area contributed by atoms with E-state index in [-0.39, 0.29) is 5.82 Å². The summed E-state index contributed by atoms with van der Waals surface area (Å²) < 4.78 is 14.0. The molecular weight excluding hydrogens is 277 g/mol. The van der Waals surface area contributed by atoms with E-state index in [9.17, 15) is 9.18 Å². The molecule has 0 aliphatic carbocycles. The van der Waals surface area contributed by atoms with Crippen LogP contribution in [0, 0.1) is 5.82 Å². The minimum atomic E-state index is -1.03. The van der Waals surface area contributed by atoms with Gasteiger partial charge in [0.05, 0.1) is 0 Å². The molecule has 1 aromatic carbocycles. The van der Waals surface area contributed by atoms with E-state index in [1.165, 1.54) is 12.1 Å². The molecule has 1 atom stereocenters. The highest BCUT2D eigenvalue weighted by Crippen LogP contribution is 2.21. The molecule has 5 heteroatoms. The molecular formula is C15H18FNO2S. The molecule has 108 valence electrons. The summed E-state index contributed by atoms with van der Waals surface area (Å²) >= 11 is 1.95. The van der Waals surface area contributed by atoms with Crippen LogP contribution in [0.25, 0.3) is 6.08 Å². The molecule has 0 amide bonds. The van der Waals surface area contributed by atoms with Crippen molar-refractivity contribution in [1.29, 1.82) is 0 Å². The van der Waals surface area contributed by atoms with Crippen LogP contribution in [0.1, 0.15) is 18.1 Å². The maximum Gasteiger partial charge on any atom is 0.328 e. The minimum absolute atomic E-state index is 0.275. The predicted octanol–water partition coefficient (Wildman–Crippen LogP) is 2.86. The normalized spacial score (nSPS) is 20.4. The maximum absolute atomic E-state index is 14.0. The number of nitrogens with zero attached hydrogens (tertiary/aromatic N) is 1. The first kappa shape index (κ1) is 15.1. The number of carboxylic acid groups (broad SMARTS) is 1. The van der Waals surface area contributed by atoms with E-state index >= 15 is 0 Å². The highest BCUT2D eigenvalue weighted by Gasteiger charge is 2.17. The largest absolute Gasteiger partial charge is 0.478 e. The molecule has 1 N–H and O–H groups in total. The lowest BCUT2D eigenvalue weighted by atomic mass is 10.1. The summed E-state index contributed by atoms with van der Waals surface area (Å²) in [5, 5.41) is 9.14. The van der Waals surface area contributed by atoms with Crippen LogP contribution in [0.4, 0.5) is 4.39 Å². The number of rotatable bonds is 4. The standard InChI is InChI=1S/C15H18FNO2S/c1-11-9-17(6-7-20-11)10-13-4-2-12(8-14(13)16)3-5-15(18)19/h2-5,8,11H,6-7,9-10H2,1H3,(H,18,19)/b5-3+. The highest BCUT2D eigenvalue weighted by molar-refractivity contribution is 7.99. The second-order valence-electron chi connectivity index (χ2n) is 4.94. The first-order valence-electron chi connectivity index (χ1n) is 6.58. The smallest absolute Gasteiger partial charge is 0.328 e. The monoisotopic (exact) mass is 295 g/mol. The average Bonchev–Trinajstić information content (AvgIpc) is 2.39. The van der Waals surface area contributed by atoms with E-state index in [1.807, 2.05) is 11.8 Å². The van der Waals surface area contributed by atoms with Crippen LogP contribution in [0.2, 0.25) is 0 Å². The van der Waals surface area contributed by atoms with Gasteiger partial charge in [-0.25, -0.2) is 9.18 Å². The van der Waals surface area contributed by atoms with Crippen molar-refractivity contribution in [3.8, 4) is 0 Å². The predicted molar refractivity (Wildman–Crippen MR) is 80.3 cm³/mol. The molecule has 1 fully saturated rings. The molecule has 0 aromatic heterocycles. The van der Waals surface area contributed by atoms with Gasteiger partial charge in [-0.05, 0) is 17.7 Å². The van der Waals surface area contributed by atoms with E-state index in [4.69, 9.17) is 5.11 Å². The topological polar surface area (TPSA) is 40.5 Å². The summed E-state index contributed by atoms with van der Waals surface area (Å²) in [7, 11) is 0. The Hall–Kier alpha value is -1.33. The van der Waals surface area contributed by atoms with E-state index in [0.29, 0.717) is 22.9 Å². The van der Waals surface area contributed by atoms with Crippen molar-refractivity contribution >= 4 is 23.8 Å². The van der Waals surface area contributed by atoms with Crippen molar-refractivity contribution in [2.24, 2.45) is 0 Å². The highest BCUT2D eigenvalue weighted by atomic mass is 32.2. The number of hydrogen-bond donors (Lipinski definition) is 1. The number of aliphatic carboxylic acids is 1. The lowest BCUT2D eigenvalue weighted by Crippen LogP contribution is -2.36. The first-order chi connectivity index (χ1) is 9.54. The van der Waals surface area contributed by atoms with Crippen molar-refractivity contribution in [2.75, 3.05) is 18.8 Å². The number of hydrogen-bond acceptors (Lipinski definition) is 3. The van der Waals surface area contributed by atoms with Gasteiger partial charge in [-0.15, -0.1) is 0 Å². The van der Waals surface area contributed by atoms with Gasteiger partial charge in [-0.2, -0.15) is 11.8 Å². The van der Waals surface area contributed by atoms with Gasteiger partial charge in [0.25, 0.3) is 0 Å². The number of thioether (sulfide) groups is 1. The third kappa shape index (κ3) is 4.35. The Labute approximate surface area is 122 Å². The molecule has 3 nitrogen and oxygen atoms in total. The molecule has 1 unspecified atom stereocenters. The quantitative estimate of drug-likeness (QED) is 0.867. The van der Waals surface area contributed by atoms with E-state index in [1.54, 1.807) is 12.1 Å². The van der Waals surface area contributed by atoms with Crippen LogP contribution in [0.15, 0.2) is 24.3 Å². The van der Waals surface area contributed by atoms with Crippen LogP contribution < -0.4 is 0 Å². The molecule has 1 aliphatic rings. The summed E-state index contributed by atoms with van der Waals surface area (Å²) in [6.07, 6.45) is 2.41. The molecule has 0 spiro atoms. The molecule has 1 aliphatic heterocycles. The summed E-state index contributed by atoms with van der Waals surface area (Å²) in [4.78, 5) is 12.7. The fourth-order valence-electron chi connectivity index (χ4n) is 2.24. The maximum atomic E-state index is 14.0. The van der Waals surface area contributed by atoms with Crippen molar-refractivity contribution in [3.05, 3.63) is 41.2 Å². The summed E-state index contributed by atoms with van der Waals surface area (Å²) in [6.45, 7) is 4.76. The summed E-state index contributed by atoms with van der Waals surface area (Å²) in [5.41, 5.74) is 1.23. The third-order valence-electron chi connectivity index (χ3n) is 3.21. The Morgan fingerprint density at radius 1 is 1.60 bits per heavy atom. The fraction of sp³-hybridized carbons (Fsp3) is 0.400. The van der Waals surface area contributed by atoms with Crippen LogP contribution in [0.3, 0.4) is 0 Å². The van der Waals surface area contributed by atoms with Crippen LogP contribution in [0.5, 0.6) is 0 Å². The van der Waals surface area contributed by atoms with Gasteiger partial charge >= 0.3 is 5.97 Å². The SMILES string of the molecule is CC1CN(Cc2ccc(/C=C/C(=O)O)cc2F)CCS1. The first-order valence-corrected chi connectivity index (χ1v) is 7.63. The van der Waals surface area contributed by atoms with Gasteiger partial charge in [0.15, 0.2) is 0 Å². The summed E-state index contributed by atoms with van der Waals surface area (Å²) in [6, 6.07) is 4.88. The average molecular weight is 295 g/mol. The van der Waals surface area contributed by atoms with E-state index < -0.39 is 5.97 Å². The Kier molecular flexibility index (Phi) is 5.20. The molecule has 0 bridgehead atoms. The van der Waals surface area contributed by atoms with Crippen LogP contribution >= 0.6 is 11.8 Å². The number of benzene rings is 1. The molecule has 0 radical (unpaired) electrons. The van der Waals surface area contributed by atoms with Gasteiger partial charge in [0.1, 0.15) is 5.82 Å². The van der Waals surface area contributed by atoms with Crippen LogP contribution in [-0.2, 0) is 11.3 Å². The van der Waals surface area contributed by atoms with Crippen molar-refractivity contribution in [3.63, 3.8) is 0 Å². The van der Waals surface area contributed by atoms with Gasteiger partial charge in [-0.1, -0.05) is 19.1 Å². The number of carboxylic acids is 1. The molecule has 1 saturated heterocycles. The Bertz CT molecular complexity index is 519. The van der Waals surface area contributed by atoms with Gasteiger partial charge in [0.2, 0.25) is 0 Å². The fourth-order valence-corrected chi connectivity index (χ4v) is 3.32. The van der Waals surface area contributed by atoms with Gasteiger partial charge in [0, 0.05) is 42.3 Å². The Balaban J connectivity index is 2.04. The minimum Gasteiger partial charge on any atom is -0.478 e. The van der Waals surface area contributed by atoms with Crippen molar-refractivity contribution < 1.29 is 14.3 Å². The zero-order chi connectivity index (χ0) is 14.5. The van der Waals surface area contributed by atoms with E-state index in [0.717, 1.165) is 24.9 Å². The van der Waals surface area contributed by atoms with Crippen molar-refractivity contribution in [2.45, 2.75) is 18.7 Å². The zero-order valence-electron chi connectivity index (χ0n) is 11.4. The second-order valence-corrected chi connectivity index (χ2v) is 6.49. The Morgan fingerprint density at radius 2 is 2.40 bits per heavy atom. The molecule has 20 heavy (non-hydrogen) atoms. The third-order valence-corrected chi connectivity index (χ3v) is 4.35. The lowest BCUT2D eigenvalue weighted by Gasteiger charge is -2.30. The second kappa shape index (κ2) is 6.90. The zero-order valence-corrected chi connectivity index (χ0v) is 12.2. The molecule has 1 heterocycles. The summed E-state index contributed by atoms with van der Waals surface area (Å²) in [5.74, 6) is -0.222. The van der Waals surface area contributed by atoms with Gasteiger partial charge < -0.3 is 5.11 Å². The van der Waals surface area contributed by atoms with Gasteiger partial charge in [-0.3, -0.25) is 4.90 Å². The molecule has 1 aromatic rings. The van der Waals surface area contributed by atoms with Crippen LogP contribution in [-0.4, -0.2) is 40.1 Å². The molecule has 2 rings (SSSR count). The number of halogens is 1.